The molecule has 2 aromatic carbocycles. The second-order valence-corrected chi connectivity index (χ2v) is 6.65. The first-order chi connectivity index (χ1) is 14.4. The number of imidazole rings is 1. The number of fused-ring (bicyclic) bond motifs is 1. The van der Waals surface area contributed by atoms with E-state index in [1.807, 2.05) is 12.1 Å². The minimum atomic E-state index is -0.559. The van der Waals surface area contributed by atoms with E-state index in [1.54, 1.807) is 34.9 Å². The molecule has 30 heavy (non-hydrogen) atoms. The van der Waals surface area contributed by atoms with E-state index in [4.69, 9.17) is 11.6 Å². The molecule has 4 rings (SSSR count). The van der Waals surface area contributed by atoms with Crippen LogP contribution in [0.2, 0.25) is 5.02 Å². The number of aromatic nitrogens is 2. The van der Waals surface area contributed by atoms with Gasteiger partial charge in [-0.1, -0.05) is 23.7 Å². The fourth-order valence-electron chi connectivity index (χ4n) is 2.93. The van der Waals surface area contributed by atoms with Crippen molar-refractivity contribution in [3.63, 3.8) is 0 Å². The Morgan fingerprint density at radius 1 is 1.00 bits per heavy atom. The number of halogens is 1. The first-order valence-corrected chi connectivity index (χ1v) is 9.02. The van der Waals surface area contributed by atoms with Gasteiger partial charge >= 0.3 is 0 Å². The van der Waals surface area contributed by atoms with Crippen LogP contribution in [0.1, 0.15) is 5.56 Å². The molecular weight excluding hydrogens is 410 g/mol. The molecule has 0 unspecified atom stereocenters. The van der Waals surface area contributed by atoms with Gasteiger partial charge < -0.3 is 0 Å². The fraction of sp³-hybridized carbons (Fsp3) is 0. The maximum atomic E-state index is 11.1. The van der Waals surface area contributed by atoms with Gasteiger partial charge in [-0.05, 0) is 35.9 Å². The highest BCUT2D eigenvalue weighted by atomic mass is 35.5. The van der Waals surface area contributed by atoms with Gasteiger partial charge in [0.1, 0.15) is 16.4 Å². The zero-order valence-electron chi connectivity index (χ0n) is 15.2. The summed E-state index contributed by atoms with van der Waals surface area (Å²) in [6.07, 6.45) is 3.27. The van der Waals surface area contributed by atoms with Crippen molar-refractivity contribution in [1.82, 2.24) is 9.38 Å². The van der Waals surface area contributed by atoms with Crippen LogP contribution in [0.5, 0.6) is 0 Å². The average molecular weight is 422 g/mol. The molecule has 0 N–H and O–H groups in total. The van der Waals surface area contributed by atoms with Crippen molar-refractivity contribution in [3.05, 3.63) is 97.7 Å². The first-order valence-electron chi connectivity index (χ1n) is 8.64. The molecule has 0 aliphatic heterocycles. The molecule has 2 aromatic heterocycles. The second-order valence-electron chi connectivity index (χ2n) is 6.24. The molecule has 0 spiro atoms. The van der Waals surface area contributed by atoms with Gasteiger partial charge in [0.2, 0.25) is 0 Å². The standard InChI is InChI=1S/C20H12ClN5O4/c21-16-9-4-13(11-17(16)26(29)30)12-22-20-19(23-18-3-1-2-10-24(18)20)14-5-7-15(8-6-14)25(27)28/h1-12H. The summed E-state index contributed by atoms with van der Waals surface area (Å²) in [5.74, 6) is 0.483. The van der Waals surface area contributed by atoms with E-state index in [2.05, 4.69) is 9.98 Å². The normalized spacial score (nSPS) is 11.2. The van der Waals surface area contributed by atoms with Crippen molar-refractivity contribution in [3.8, 4) is 11.3 Å². The summed E-state index contributed by atoms with van der Waals surface area (Å²) in [5.41, 5.74) is 2.07. The summed E-state index contributed by atoms with van der Waals surface area (Å²) in [6, 6.07) is 15.9. The topological polar surface area (TPSA) is 116 Å². The molecule has 10 heteroatoms. The van der Waals surface area contributed by atoms with Crippen molar-refractivity contribution in [1.29, 1.82) is 0 Å². The van der Waals surface area contributed by atoms with Gasteiger partial charge in [-0.2, -0.15) is 0 Å². The Morgan fingerprint density at radius 2 is 1.77 bits per heavy atom. The second kappa shape index (κ2) is 7.72. The molecule has 0 aliphatic carbocycles. The van der Waals surface area contributed by atoms with Crippen LogP contribution < -0.4 is 0 Å². The number of benzene rings is 2. The van der Waals surface area contributed by atoms with Crippen LogP contribution in [0.25, 0.3) is 16.9 Å². The third kappa shape index (κ3) is 3.61. The summed E-state index contributed by atoms with van der Waals surface area (Å²) < 4.78 is 1.76. The molecule has 0 bridgehead atoms. The maximum Gasteiger partial charge on any atom is 0.288 e. The summed E-state index contributed by atoms with van der Waals surface area (Å²) >= 11 is 5.86. The van der Waals surface area contributed by atoms with Crippen molar-refractivity contribution >= 4 is 40.7 Å². The zero-order valence-corrected chi connectivity index (χ0v) is 15.9. The van der Waals surface area contributed by atoms with Gasteiger partial charge in [-0.25, -0.2) is 9.98 Å². The molecule has 148 valence electrons. The largest absolute Gasteiger partial charge is 0.288 e. The zero-order chi connectivity index (χ0) is 21.3. The summed E-state index contributed by atoms with van der Waals surface area (Å²) in [5, 5.41) is 22.1. The Kier molecular flexibility index (Phi) is 4.95. The molecule has 0 saturated heterocycles. The molecule has 2 heterocycles. The SMILES string of the molecule is O=[N+]([O-])c1ccc(-c2nc3ccccn3c2N=Cc2ccc(Cl)c([N+](=O)[O-])c2)cc1. The van der Waals surface area contributed by atoms with Gasteiger partial charge in [-0.3, -0.25) is 24.6 Å². The van der Waals surface area contributed by atoms with Gasteiger partial charge in [0.05, 0.1) is 9.85 Å². The Hall–Kier alpha value is -4.11. The molecule has 0 saturated carbocycles. The molecule has 9 nitrogen and oxygen atoms in total. The monoisotopic (exact) mass is 421 g/mol. The Balaban J connectivity index is 1.81. The van der Waals surface area contributed by atoms with E-state index in [0.29, 0.717) is 28.3 Å². The van der Waals surface area contributed by atoms with Crippen molar-refractivity contribution in [2.45, 2.75) is 0 Å². The molecule has 0 radical (unpaired) electrons. The van der Waals surface area contributed by atoms with Crippen LogP contribution in [0.4, 0.5) is 17.2 Å². The molecule has 0 amide bonds. The number of nitrogens with zero attached hydrogens (tertiary/aromatic N) is 5. The van der Waals surface area contributed by atoms with E-state index >= 15 is 0 Å². The highest BCUT2D eigenvalue weighted by Gasteiger charge is 2.15. The number of hydrogen-bond acceptors (Lipinski definition) is 6. The minimum Gasteiger partial charge on any atom is -0.284 e. The van der Waals surface area contributed by atoms with Crippen LogP contribution in [-0.2, 0) is 0 Å². The van der Waals surface area contributed by atoms with Crippen molar-refractivity contribution < 1.29 is 9.85 Å². The van der Waals surface area contributed by atoms with E-state index in [9.17, 15) is 20.2 Å². The highest BCUT2D eigenvalue weighted by molar-refractivity contribution is 6.32. The Morgan fingerprint density at radius 3 is 2.47 bits per heavy atom. The predicted octanol–water partition coefficient (Wildman–Crippen LogP) is 5.22. The number of nitro groups is 2. The number of non-ortho nitro benzene ring substituents is 1. The van der Waals surface area contributed by atoms with E-state index in [1.165, 1.54) is 30.5 Å². The molecule has 4 aromatic rings. The highest BCUT2D eigenvalue weighted by Crippen LogP contribution is 2.32. The smallest absolute Gasteiger partial charge is 0.284 e. The molecule has 0 aliphatic rings. The quantitative estimate of drug-likeness (QED) is 0.249. The molecule has 0 atom stereocenters. The third-order valence-electron chi connectivity index (χ3n) is 4.36. The Bertz CT molecular complexity index is 1310. The Labute approximate surface area is 174 Å². The van der Waals surface area contributed by atoms with Crippen LogP contribution in [-0.4, -0.2) is 25.4 Å². The lowest BCUT2D eigenvalue weighted by Crippen LogP contribution is -1.91. The van der Waals surface area contributed by atoms with Crippen LogP contribution >= 0.6 is 11.6 Å². The van der Waals surface area contributed by atoms with Gasteiger partial charge in [-0.15, -0.1) is 0 Å². The molecule has 0 fully saturated rings. The van der Waals surface area contributed by atoms with Crippen LogP contribution in [0, 0.1) is 20.2 Å². The van der Waals surface area contributed by atoms with Crippen molar-refractivity contribution in [2.24, 2.45) is 4.99 Å². The lowest BCUT2D eigenvalue weighted by atomic mass is 10.1. The van der Waals surface area contributed by atoms with E-state index in [0.717, 1.165) is 0 Å². The summed E-state index contributed by atoms with van der Waals surface area (Å²) in [4.78, 5) is 30.1. The van der Waals surface area contributed by atoms with E-state index < -0.39 is 9.85 Å². The number of pyridine rings is 1. The lowest BCUT2D eigenvalue weighted by Gasteiger charge is -2.01. The fourth-order valence-corrected chi connectivity index (χ4v) is 3.11. The summed E-state index contributed by atoms with van der Waals surface area (Å²) in [6.45, 7) is 0. The number of nitro benzene ring substituents is 2. The number of aliphatic imine (C=N–C) groups is 1. The van der Waals surface area contributed by atoms with Gasteiger partial charge in [0.15, 0.2) is 5.82 Å². The number of rotatable bonds is 5. The van der Waals surface area contributed by atoms with Gasteiger partial charge in [0, 0.05) is 36.2 Å². The lowest BCUT2D eigenvalue weighted by molar-refractivity contribution is -0.385. The molecular formula is C20H12ClN5O4. The minimum absolute atomic E-state index is 0.0268. The first kappa shape index (κ1) is 19.2. The number of hydrogen-bond donors (Lipinski definition) is 0. The van der Waals surface area contributed by atoms with Crippen LogP contribution in [0.3, 0.4) is 0 Å². The average Bonchev–Trinajstić information content (AvgIpc) is 3.11. The maximum absolute atomic E-state index is 11.1. The van der Waals surface area contributed by atoms with Gasteiger partial charge in [0.25, 0.3) is 11.4 Å². The van der Waals surface area contributed by atoms with E-state index in [-0.39, 0.29) is 16.4 Å². The summed E-state index contributed by atoms with van der Waals surface area (Å²) in [7, 11) is 0. The van der Waals surface area contributed by atoms with Crippen LogP contribution in [0.15, 0.2) is 71.9 Å². The third-order valence-corrected chi connectivity index (χ3v) is 4.68. The predicted molar refractivity (Wildman–Crippen MR) is 113 cm³/mol. The van der Waals surface area contributed by atoms with Crippen molar-refractivity contribution in [2.75, 3.05) is 0 Å².